The summed E-state index contributed by atoms with van der Waals surface area (Å²) in [5, 5.41) is 11.1. The molecule has 2 amide bonds. The van der Waals surface area contributed by atoms with Gasteiger partial charge in [0.15, 0.2) is 0 Å². The average Bonchev–Trinajstić information content (AvgIpc) is 3.47. The van der Waals surface area contributed by atoms with E-state index in [9.17, 15) is 10.1 Å². The van der Waals surface area contributed by atoms with E-state index in [1.54, 1.807) is 28.4 Å². The number of thiazole rings is 1. The lowest BCUT2D eigenvalue weighted by Crippen LogP contribution is -2.39. The monoisotopic (exact) mass is 460 g/mol. The van der Waals surface area contributed by atoms with E-state index in [0.717, 1.165) is 33.3 Å². The van der Waals surface area contributed by atoms with Gasteiger partial charge >= 0.3 is 6.03 Å². The summed E-state index contributed by atoms with van der Waals surface area (Å²) >= 11 is 1.58. The first-order chi connectivity index (χ1) is 16.1. The molecule has 1 N–H and O–H groups in total. The van der Waals surface area contributed by atoms with Gasteiger partial charge in [-0.25, -0.2) is 15.3 Å². The standard InChI is InChI=1S/C26H28N4O2S/c1-19-25(33-24(28-19)15-20-8-5-6-9-20)30(17-23-13-7-12-22(14-23)16-27)26(31)29-32-18-21-10-3-2-4-11-21/h2-4,7,10-14,20H,5-6,8-9,15,17-18H2,1H3,(H,29,31). The predicted octanol–water partition coefficient (Wildman–Crippen LogP) is 5.90. The van der Waals surface area contributed by atoms with Crippen molar-refractivity contribution in [3.63, 3.8) is 0 Å². The maximum atomic E-state index is 13.2. The number of carbonyl (C=O) groups excluding carboxylic acids is 1. The number of rotatable bonds is 8. The molecule has 1 heterocycles. The molecule has 0 saturated heterocycles. The Morgan fingerprint density at radius 3 is 2.70 bits per heavy atom. The Bertz CT molecular complexity index is 1120. The summed E-state index contributed by atoms with van der Waals surface area (Å²) in [6.07, 6.45) is 6.07. The zero-order chi connectivity index (χ0) is 23.0. The van der Waals surface area contributed by atoms with E-state index in [0.29, 0.717) is 18.0 Å². The summed E-state index contributed by atoms with van der Waals surface area (Å²) < 4.78 is 0. The van der Waals surface area contributed by atoms with Gasteiger partial charge in [-0.15, -0.1) is 11.3 Å². The van der Waals surface area contributed by atoms with Crippen LogP contribution in [-0.4, -0.2) is 11.0 Å². The number of amides is 2. The fraction of sp³-hybridized carbons (Fsp3) is 0.346. The summed E-state index contributed by atoms with van der Waals surface area (Å²) in [5.74, 6) is 0.687. The molecule has 0 radical (unpaired) electrons. The number of hydrogen-bond donors (Lipinski definition) is 1. The molecular formula is C26H28N4O2S. The topological polar surface area (TPSA) is 78.2 Å². The van der Waals surface area contributed by atoms with Gasteiger partial charge in [-0.1, -0.05) is 68.1 Å². The van der Waals surface area contributed by atoms with Crippen molar-refractivity contribution in [3.8, 4) is 6.07 Å². The van der Waals surface area contributed by atoms with Gasteiger partial charge in [0, 0.05) is 6.42 Å². The minimum Gasteiger partial charge on any atom is -0.278 e. The summed E-state index contributed by atoms with van der Waals surface area (Å²) in [6.45, 7) is 2.54. The minimum absolute atomic E-state index is 0.277. The summed E-state index contributed by atoms with van der Waals surface area (Å²) in [7, 11) is 0. The highest BCUT2D eigenvalue weighted by Crippen LogP contribution is 2.34. The molecule has 33 heavy (non-hydrogen) atoms. The molecule has 7 heteroatoms. The second-order valence-electron chi connectivity index (χ2n) is 8.43. The zero-order valence-electron chi connectivity index (χ0n) is 18.8. The molecule has 0 bridgehead atoms. The quantitative estimate of drug-likeness (QED) is 0.424. The van der Waals surface area contributed by atoms with Crippen molar-refractivity contribution in [2.45, 2.75) is 52.2 Å². The molecule has 1 aliphatic carbocycles. The summed E-state index contributed by atoms with van der Waals surface area (Å²) in [4.78, 5) is 25.2. The Labute approximate surface area is 198 Å². The van der Waals surface area contributed by atoms with Crippen LogP contribution in [0, 0.1) is 24.2 Å². The third-order valence-corrected chi connectivity index (χ3v) is 7.09. The number of nitriles is 1. The Morgan fingerprint density at radius 1 is 1.18 bits per heavy atom. The lowest BCUT2D eigenvalue weighted by Gasteiger charge is -2.22. The fourth-order valence-electron chi connectivity index (χ4n) is 4.21. The van der Waals surface area contributed by atoms with Gasteiger partial charge in [0.2, 0.25) is 0 Å². The third-order valence-electron chi connectivity index (χ3n) is 5.88. The second-order valence-corrected chi connectivity index (χ2v) is 9.49. The number of hydroxylamine groups is 1. The first-order valence-corrected chi connectivity index (χ1v) is 12.1. The van der Waals surface area contributed by atoms with Crippen molar-refractivity contribution in [1.29, 1.82) is 5.26 Å². The van der Waals surface area contributed by atoms with E-state index in [1.165, 1.54) is 25.7 Å². The van der Waals surface area contributed by atoms with Crippen molar-refractivity contribution in [3.05, 3.63) is 82.0 Å². The SMILES string of the molecule is Cc1nc(CC2CCCC2)sc1N(Cc1cccc(C#N)c1)C(=O)NOCc1ccccc1. The molecule has 3 aromatic rings. The van der Waals surface area contributed by atoms with Crippen LogP contribution in [0.2, 0.25) is 0 Å². The molecule has 0 atom stereocenters. The number of aryl methyl sites for hydroxylation is 1. The zero-order valence-corrected chi connectivity index (χ0v) is 19.6. The van der Waals surface area contributed by atoms with Gasteiger partial charge in [-0.3, -0.25) is 9.74 Å². The smallest absolute Gasteiger partial charge is 0.278 e. The van der Waals surface area contributed by atoms with Crippen molar-refractivity contribution in [2.24, 2.45) is 5.92 Å². The Morgan fingerprint density at radius 2 is 1.94 bits per heavy atom. The lowest BCUT2D eigenvalue weighted by atomic mass is 10.1. The number of hydrogen-bond acceptors (Lipinski definition) is 5. The van der Waals surface area contributed by atoms with Crippen molar-refractivity contribution < 1.29 is 9.63 Å². The molecule has 1 fully saturated rings. The Hall–Kier alpha value is -3.21. The number of carbonyl (C=O) groups is 1. The molecule has 1 saturated carbocycles. The van der Waals surface area contributed by atoms with E-state index >= 15 is 0 Å². The van der Waals surface area contributed by atoms with E-state index in [1.807, 2.05) is 49.4 Å². The van der Waals surface area contributed by atoms with Crippen LogP contribution in [0.5, 0.6) is 0 Å². The third kappa shape index (κ3) is 6.19. The van der Waals surface area contributed by atoms with Crippen LogP contribution < -0.4 is 10.4 Å². The Balaban J connectivity index is 1.52. The molecule has 170 valence electrons. The summed E-state index contributed by atoms with van der Waals surface area (Å²) in [6, 6.07) is 18.8. The number of urea groups is 1. The maximum Gasteiger partial charge on any atom is 0.346 e. The van der Waals surface area contributed by atoms with Gasteiger partial charge in [0.25, 0.3) is 0 Å². The van der Waals surface area contributed by atoms with Crippen LogP contribution >= 0.6 is 11.3 Å². The highest BCUT2D eigenvalue weighted by atomic mass is 32.1. The molecule has 4 rings (SSSR count). The largest absolute Gasteiger partial charge is 0.346 e. The maximum absolute atomic E-state index is 13.2. The fourth-order valence-corrected chi connectivity index (χ4v) is 5.39. The van der Waals surface area contributed by atoms with Crippen molar-refractivity contribution in [1.82, 2.24) is 10.5 Å². The number of anilines is 1. The van der Waals surface area contributed by atoms with E-state index in [-0.39, 0.29) is 12.6 Å². The first-order valence-electron chi connectivity index (χ1n) is 11.3. The minimum atomic E-state index is -0.354. The molecule has 0 aliphatic heterocycles. The van der Waals surface area contributed by atoms with E-state index < -0.39 is 0 Å². The second kappa shape index (κ2) is 11.1. The first kappa shape index (κ1) is 23.0. The van der Waals surface area contributed by atoms with Gasteiger partial charge in [-0.2, -0.15) is 5.26 Å². The highest BCUT2D eigenvalue weighted by molar-refractivity contribution is 7.16. The van der Waals surface area contributed by atoms with Crippen LogP contribution in [0.1, 0.15) is 53.1 Å². The predicted molar refractivity (Wildman–Crippen MR) is 130 cm³/mol. The molecular weight excluding hydrogens is 432 g/mol. The van der Waals surface area contributed by atoms with Crippen LogP contribution in [0.15, 0.2) is 54.6 Å². The molecule has 2 aromatic carbocycles. The average molecular weight is 461 g/mol. The van der Waals surface area contributed by atoms with Crippen LogP contribution in [0.3, 0.4) is 0 Å². The number of nitrogens with zero attached hydrogens (tertiary/aromatic N) is 3. The van der Waals surface area contributed by atoms with Crippen LogP contribution in [-0.2, 0) is 24.4 Å². The lowest BCUT2D eigenvalue weighted by molar-refractivity contribution is 0.0512. The number of nitrogens with one attached hydrogen (secondary N) is 1. The highest BCUT2D eigenvalue weighted by Gasteiger charge is 2.24. The van der Waals surface area contributed by atoms with Gasteiger partial charge in [-0.05, 0) is 36.1 Å². The summed E-state index contributed by atoms with van der Waals surface area (Å²) in [5.41, 5.74) is 5.83. The number of benzene rings is 2. The van der Waals surface area contributed by atoms with E-state index in [4.69, 9.17) is 9.82 Å². The molecule has 6 nitrogen and oxygen atoms in total. The van der Waals surface area contributed by atoms with E-state index in [2.05, 4.69) is 11.5 Å². The molecule has 1 aromatic heterocycles. The van der Waals surface area contributed by atoms with Gasteiger partial charge < -0.3 is 0 Å². The van der Waals surface area contributed by atoms with Crippen LogP contribution in [0.25, 0.3) is 0 Å². The molecule has 0 spiro atoms. The van der Waals surface area contributed by atoms with Gasteiger partial charge in [0.1, 0.15) is 5.00 Å². The van der Waals surface area contributed by atoms with Crippen molar-refractivity contribution in [2.75, 3.05) is 4.90 Å². The normalized spacial score (nSPS) is 13.6. The Kier molecular flexibility index (Phi) is 7.71. The van der Waals surface area contributed by atoms with Gasteiger partial charge in [0.05, 0.1) is 35.5 Å². The van der Waals surface area contributed by atoms with Crippen molar-refractivity contribution >= 4 is 22.4 Å². The molecule has 0 unspecified atom stereocenters. The molecule has 1 aliphatic rings. The number of aromatic nitrogens is 1. The van der Waals surface area contributed by atoms with Crippen LogP contribution in [0.4, 0.5) is 9.80 Å².